The zero-order valence-electron chi connectivity index (χ0n) is 20.9. The molecule has 0 spiro atoms. The van der Waals surface area contributed by atoms with Crippen molar-refractivity contribution in [3.8, 4) is 5.75 Å². The van der Waals surface area contributed by atoms with Gasteiger partial charge in [-0.1, -0.05) is 12.1 Å². The van der Waals surface area contributed by atoms with Crippen LogP contribution in [-0.2, 0) is 28.7 Å². The number of ether oxygens (including phenoxy) is 1. The third-order valence-electron chi connectivity index (χ3n) is 6.80. The quantitative estimate of drug-likeness (QED) is 0.227. The lowest BCUT2D eigenvalue weighted by Gasteiger charge is -2.43. The molecule has 0 aliphatic carbocycles. The number of thioether (sulfide) groups is 1. The smallest absolute Gasteiger partial charge is 0.334 e. The van der Waals surface area contributed by atoms with Gasteiger partial charge in [-0.25, -0.2) is 9.59 Å². The van der Waals surface area contributed by atoms with Crippen LogP contribution in [0.2, 0.25) is 0 Å². The minimum Gasteiger partial charge on any atom is -0.508 e. The van der Waals surface area contributed by atoms with E-state index in [4.69, 9.17) is 20.7 Å². The number of phenolic OH excluding ortho intramolecular Hbond substituents is 1. The first-order valence-electron chi connectivity index (χ1n) is 11.9. The molecular weight excluding hydrogens is 536 g/mol. The van der Waals surface area contributed by atoms with Crippen molar-refractivity contribution >= 4 is 41.4 Å². The summed E-state index contributed by atoms with van der Waals surface area (Å²) < 4.78 is 4.52. The van der Waals surface area contributed by atoms with Crippen molar-refractivity contribution in [1.82, 2.24) is 15.1 Å². The number of phenols is 1. The molecule has 210 valence electrons. The van der Waals surface area contributed by atoms with Crippen molar-refractivity contribution in [2.75, 3.05) is 6.61 Å². The normalized spacial score (nSPS) is 29.6. The van der Waals surface area contributed by atoms with E-state index in [2.05, 4.69) is 5.32 Å². The molecule has 0 aromatic heterocycles. The fourth-order valence-corrected chi connectivity index (χ4v) is 6.51. The summed E-state index contributed by atoms with van der Waals surface area (Å²) >= 11 is 1.35. The van der Waals surface area contributed by atoms with E-state index in [-0.39, 0.29) is 30.4 Å². The van der Waals surface area contributed by atoms with E-state index in [0.29, 0.717) is 5.56 Å². The molecule has 0 bridgehead atoms. The number of nitrogens with two attached hydrogens (primary N) is 1. The van der Waals surface area contributed by atoms with Crippen molar-refractivity contribution < 1.29 is 49.1 Å². The third-order valence-corrected chi connectivity index (χ3v) is 8.37. The monoisotopic (exact) mass is 564 g/mol. The number of nitrogens with one attached hydrogen (secondary N) is 1. The van der Waals surface area contributed by atoms with E-state index in [1.807, 2.05) is 0 Å². The number of amides is 3. The molecular formula is C24H28N4O10S. The van der Waals surface area contributed by atoms with Crippen LogP contribution in [0.15, 0.2) is 36.1 Å². The van der Waals surface area contributed by atoms with E-state index < -0.39 is 64.3 Å². The van der Waals surface area contributed by atoms with Gasteiger partial charge < -0.3 is 41.1 Å². The number of aliphatic carboxylic acids is 2. The van der Waals surface area contributed by atoms with Crippen LogP contribution in [0, 0.1) is 0 Å². The van der Waals surface area contributed by atoms with Crippen LogP contribution < -0.4 is 11.1 Å². The molecule has 39 heavy (non-hydrogen) atoms. The van der Waals surface area contributed by atoms with E-state index in [1.54, 1.807) is 13.8 Å². The third kappa shape index (κ3) is 4.99. The van der Waals surface area contributed by atoms with Gasteiger partial charge in [0, 0.05) is 4.75 Å². The molecule has 4 fully saturated rings. The van der Waals surface area contributed by atoms with Crippen molar-refractivity contribution in [3.05, 3.63) is 41.7 Å². The minimum atomic E-state index is -1.14. The number of aromatic hydroxyl groups is 1. The Morgan fingerprint density at radius 1 is 1.18 bits per heavy atom. The summed E-state index contributed by atoms with van der Waals surface area (Å²) in [4.78, 5) is 60.5. The lowest BCUT2D eigenvalue weighted by molar-refractivity contribution is -0.163. The Bertz CT molecular complexity index is 1240. The summed E-state index contributed by atoms with van der Waals surface area (Å²) in [6, 6.07) is 2.14. The van der Waals surface area contributed by atoms with Crippen LogP contribution in [0.1, 0.15) is 31.9 Å². The summed E-state index contributed by atoms with van der Waals surface area (Å²) in [5.41, 5.74) is 6.41. The Morgan fingerprint density at radius 3 is 2.36 bits per heavy atom. The van der Waals surface area contributed by atoms with Gasteiger partial charge in [0.2, 0.25) is 17.7 Å². The van der Waals surface area contributed by atoms with Crippen LogP contribution in [-0.4, -0.2) is 101 Å². The number of carbonyl (C=O) groups excluding carboxylic acids is 3. The molecule has 7 N–H and O–H groups in total. The van der Waals surface area contributed by atoms with Gasteiger partial charge in [-0.05, 0) is 37.6 Å². The van der Waals surface area contributed by atoms with Gasteiger partial charge in [0.15, 0.2) is 12.3 Å². The molecule has 5 rings (SSSR count). The van der Waals surface area contributed by atoms with E-state index >= 15 is 0 Å². The van der Waals surface area contributed by atoms with E-state index in [0.717, 1.165) is 0 Å². The largest absolute Gasteiger partial charge is 0.508 e. The number of carbonyl (C=O) groups is 5. The Kier molecular flexibility index (Phi) is 7.51. The Hall–Kier alpha value is -3.82. The summed E-state index contributed by atoms with van der Waals surface area (Å²) in [5, 5.41) is 38.4. The summed E-state index contributed by atoms with van der Waals surface area (Å²) in [5.74, 6) is -3.16. The highest BCUT2D eigenvalue weighted by Gasteiger charge is 2.64. The van der Waals surface area contributed by atoms with E-state index in [1.165, 1.54) is 51.9 Å². The first-order valence-corrected chi connectivity index (χ1v) is 12.8. The van der Waals surface area contributed by atoms with Gasteiger partial charge in [0.05, 0.1) is 13.0 Å². The molecule has 0 unspecified atom stereocenters. The number of carboxylic acid groups (broad SMARTS) is 2. The number of aliphatic hydroxyl groups excluding tert-OH is 1. The van der Waals surface area contributed by atoms with Crippen LogP contribution in [0.25, 0.3) is 0 Å². The Labute approximate surface area is 226 Å². The van der Waals surface area contributed by atoms with Gasteiger partial charge in [-0.2, -0.15) is 0 Å². The number of nitrogens with zero attached hydrogens (tertiary/aromatic N) is 2. The maximum atomic E-state index is 12.3. The van der Waals surface area contributed by atoms with Crippen molar-refractivity contribution in [2.24, 2.45) is 5.73 Å². The molecule has 6 atom stereocenters. The molecule has 14 nitrogen and oxygen atoms in total. The number of aliphatic hydroxyl groups is 1. The molecule has 4 heterocycles. The predicted molar refractivity (Wildman–Crippen MR) is 134 cm³/mol. The fraction of sp³-hybridized carbons (Fsp3) is 0.458. The molecule has 1 aromatic carbocycles. The molecule has 15 heteroatoms. The summed E-state index contributed by atoms with van der Waals surface area (Å²) in [6.07, 6.45) is 1.03. The molecule has 1 aromatic rings. The molecule has 0 radical (unpaired) electrons. The zero-order chi connectivity index (χ0) is 28.8. The Morgan fingerprint density at radius 2 is 1.82 bits per heavy atom. The second kappa shape index (κ2) is 10.4. The number of benzene rings is 1. The summed E-state index contributed by atoms with van der Waals surface area (Å²) in [6.45, 7) is 3.24. The number of hydrogen-bond acceptors (Lipinski definition) is 10. The number of fused-ring (bicyclic) bond motifs is 2. The van der Waals surface area contributed by atoms with Crippen LogP contribution >= 0.6 is 11.8 Å². The first kappa shape index (κ1) is 28.2. The second-order valence-electron chi connectivity index (χ2n) is 9.76. The second-order valence-corrected chi connectivity index (χ2v) is 11.5. The highest BCUT2D eigenvalue weighted by molar-refractivity contribution is 8.01. The fourth-order valence-electron chi connectivity index (χ4n) is 4.88. The zero-order valence-corrected chi connectivity index (χ0v) is 21.7. The maximum absolute atomic E-state index is 12.3. The van der Waals surface area contributed by atoms with E-state index in [9.17, 15) is 34.2 Å². The van der Waals surface area contributed by atoms with Crippen molar-refractivity contribution in [2.45, 2.75) is 60.8 Å². The average Bonchev–Trinajstić information content (AvgIpc) is 3.31. The highest BCUT2D eigenvalue weighted by Crippen LogP contribution is 2.50. The molecule has 4 saturated heterocycles. The van der Waals surface area contributed by atoms with Gasteiger partial charge in [-0.15, -0.1) is 11.8 Å². The SMILES string of the molecule is CC1(C)S[C@@H]2[C@H](NC(=O)[C@H](N)c3ccc(O)cc3)C(=O)N2[C@H]1C(=O)O.O=C(O)[C@H]1/C(=C/CO)O[C@@H]2CC(=O)N21. The van der Waals surface area contributed by atoms with Gasteiger partial charge in [-0.3, -0.25) is 19.3 Å². The lowest BCUT2D eigenvalue weighted by Crippen LogP contribution is -2.71. The van der Waals surface area contributed by atoms with Gasteiger partial charge >= 0.3 is 11.9 Å². The number of β-lactam (4-membered cyclic amide) rings is 2. The number of carboxylic acids is 2. The molecule has 3 amide bonds. The summed E-state index contributed by atoms with van der Waals surface area (Å²) in [7, 11) is 0. The topological polar surface area (TPSA) is 220 Å². The van der Waals surface area contributed by atoms with Crippen LogP contribution in [0.4, 0.5) is 0 Å². The van der Waals surface area contributed by atoms with Crippen LogP contribution in [0.3, 0.4) is 0 Å². The molecule has 4 aliphatic heterocycles. The number of rotatable bonds is 6. The first-order chi connectivity index (χ1) is 18.3. The predicted octanol–water partition coefficient (Wildman–Crippen LogP) is -1.07. The average molecular weight is 565 g/mol. The minimum absolute atomic E-state index is 0.0606. The van der Waals surface area contributed by atoms with Crippen molar-refractivity contribution in [1.29, 1.82) is 0 Å². The van der Waals surface area contributed by atoms with Gasteiger partial charge in [0.1, 0.15) is 35.0 Å². The number of hydrogen-bond donors (Lipinski definition) is 6. The van der Waals surface area contributed by atoms with Crippen molar-refractivity contribution in [3.63, 3.8) is 0 Å². The standard InChI is InChI=1S/C16H19N3O5S.C8H9NO5/c1-16(2)11(15(23)24)19-13(22)10(14(19)25-16)18-12(21)9(17)7-3-5-8(20)6-4-7;10-2-1-4-7(8(12)13)9-5(11)3-6(9)14-4/h3-6,9-11,14,20H,17H2,1-2H3,(H,18,21)(H,23,24);1,6-7,10H,2-3H2,(H,12,13)/b;4-1-/t9-,10-,11+,14-;6-,7-/m11/s1. The molecule has 0 saturated carbocycles. The maximum Gasteiger partial charge on any atom is 0.334 e. The Balaban J connectivity index is 0.000000212. The van der Waals surface area contributed by atoms with Crippen LogP contribution in [0.5, 0.6) is 5.75 Å². The molecule has 4 aliphatic rings. The van der Waals surface area contributed by atoms with Gasteiger partial charge in [0.25, 0.3) is 0 Å². The highest BCUT2D eigenvalue weighted by atomic mass is 32.2. The lowest BCUT2D eigenvalue weighted by atomic mass is 9.95.